The molecule has 2 aromatic carbocycles. The van der Waals surface area contributed by atoms with Gasteiger partial charge < -0.3 is 26.2 Å². The molecule has 9 nitrogen and oxygen atoms in total. The average Bonchev–Trinajstić information content (AvgIpc) is 2.81. The van der Waals surface area contributed by atoms with Crippen molar-refractivity contribution in [2.75, 3.05) is 14.1 Å². The van der Waals surface area contributed by atoms with E-state index < -0.39 is 75.4 Å². The van der Waals surface area contributed by atoms with Gasteiger partial charge in [0, 0.05) is 23.1 Å². The molecule has 3 aliphatic carbocycles. The van der Waals surface area contributed by atoms with E-state index in [4.69, 9.17) is 5.73 Å². The first kappa shape index (κ1) is 27.9. The van der Waals surface area contributed by atoms with Crippen LogP contribution in [-0.2, 0) is 20.8 Å². The number of ketones is 2. The number of rotatable bonds is 3. The minimum Gasteiger partial charge on any atom is -0.508 e. The van der Waals surface area contributed by atoms with Crippen LogP contribution in [0.25, 0.3) is 16.9 Å². The number of amides is 1. The van der Waals surface area contributed by atoms with Crippen molar-refractivity contribution in [3.05, 3.63) is 70.0 Å². The second-order valence-corrected chi connectivity index (χ2v) is 10.1. The third-order valence-electron chi connectivity index (χ3n) is 7.83. The van der Waals surface area contributed by atoms with Crippen molar-refractivity contribution in [1.29, 1.82) is 0 Å². The van der Waals surface area contributed by atoms with Gasteiger partial charge in [-0.15, -0.1) is 0 Å². The number of aromatic hydroxyl groups is 1. The summed E-state index contributed by atoms with van der Waals surface area (Å²) in [4.78, 5) is 40.4. The van der Waals surface area contributed by atoms with Gasteiger partial charge in [0.05, 0.1) is 11.6 Å². The standard InChI is InChI=1S/C27H24F2N2O7.CH4/c1-31(2)21-15-8-10-7-14-12(13-4-3-11(28)9-16(13)29)5-6-17(32)19(14)22(33)18(10)24(35)27(15,38)25(36)20(23(21)34)26(30)37;/h3-6,9-10,15,21,32-33,36,38H,7-8H2,1-2H3,(H2,30,37);1H4/t10-,15-,21-,27-;/m0./s1. The Morgan fingerprint density at radius 2 is 1.72 bits per heavy atom. The topological polar surface area (TPSA) is 161 Å². The summed E-state index contributed by atoms with van der Waals surface area (Å²) in [7, 11) is 3.00. The van der Waals surface area contributed by atoms with E-state index in [-0.39, 0.29) is 48.1 Å². The lowest BCUT2D eigenvalue weighted by atomic mass is 9.57. The lowest BCUT2D eigenvalue weighted by Crippen LogP contribution is -2.65. The quantitative estimate of drug-likeness (QED) is 0.370. The molecule has 1 fully saturated rings. The minimum atomic E-state index is -2.75. The molecule has 39 heavy (non-hydrogen) atoms. The lowest BCUT2D eigenvalue weighted by Gasteiger charge is -2.50. The van der Waals surface area contributed by atoms with Crippen LogP contribution in [-0.4, -0.2) is 68.5 Å². The van der Waals surface area contributed by atoms with Gasteiger partial charge in [0.1, 0.15) is 34.5 Å². The Balaban J connectivity index is 0.00000353. The molecular weight excluding hydrogens is 514 g/mol. The molecule has 0 aliphatic heterocycles. The predicted molar refractivity (Wildman–Crippen MR) is 136 cm³/mol. The highest BCUT2D eigenvalue weighted by molar-refractivity contribution is 6.24. The summed E-state index contributed by atoms with van der Waals surface area (Å²) in [6, 6.07) is 4.35. The van der Waals surface area contributed by atoms with Crippen molar-refractivity contribution in [1.82, 2.24) is 4.90 Å². The van der Waals surface area contributed by atoms with Crippen molar-refractivity contribution in [3.8, 4) is 16.9 Å². The zero-order valence-corrected chi connectivity index (χ0v) is 20.3. The number of Topliss-reactive ketones (excluding diaryl/α,β-unsaturated/α-hetero) is 2. The number of phenols is 1. The molecule has 0 spiro atoms. The van der Waals surface area contributed by atoms with Crippen LogP contribution in [0.15, 0.2) is 47.2 Å². The number of carbonyl (C=O) groups is 3. The molecule has 2 aromatic rings. The van der Waals surface area contributed by atoms with Gasteiger partial charge in [-0.05, 0) is 62.2 Å². The summed E-state index contributed by atoms with van der Waals surface area (Å²) < 4.78 is 28.3. The number of carbonyl (C=O) groups excluding carboxylic acids is 3. The van der Waals surface area contributed by atoms with Crippen molar-refractivity contribution < 1.29 is 43.6 Å². The number of aliphatic hydroxyl groups excluding tert-OH is 2. The highest BCUT2D eigenvalue weighted by Gasteiger charge is 2.64. The molecular formula is C28H28F2N2O7. The van der Waals surface area contributed by atoms with Crippen LogP contribution in [0, 0.1) is 23.5 Å². The molecule has 0 aromatic heterocycles. The van der Waals surface area contributed by atoms with E-state index in [9.17, 15) is 43.6 Å². The molecule has 4 atom stereocenters. The van der Waals surface area contributed by atoms with Crippen LogP contribution >= 0.6 is 0 Å². The Morgan fingerprint density at radius 1 is 1.08 bits per heavy atom. The number of phenolic OH excluding ortho intramolecular Hbond substituents is 1. The van der Waals surface area contributed by atoms with E-state index in [1.54, 1.807) is 0 Å². The first-order valence-electron chi connectivity index (χ1n) is 11.8. The molecule has 0 heterocycles. The summed E-state index contributed by atoms with van der Waals surface area (Å²) in [5.74, 6) is -9.34. The van der Waals surface area contributed by atoms with E-state index in [1.165, 1.54) is 37.2 Å². The second-order valence-electron chi connectivity index (χ2n) is 10.1. The summed E-state index contributed by atoms with van der Waals surface area (Å²) in [5, 5.41) is 44.3. The van der Waals surface area contributed by atoms with Gasteiger partial charge in [0.15, 0.2) is 11.4 Å². The zero-order chi connectivity index (χ0) is 27.8. The summed E-state index contributed by atoms with van der Waals surface area (Å²) in [5.41, 5.74) is 1.69. The minimum absolute atomic E-state index is 0. The van der Waals surface area contributed by atoms with Crippen molar-refractivity contribution in [2.45, 2.75) is 31.9 Å². The monoisotopic (exact) mass is 542 g/mol. The van der Waals surface area contributed by atoms with Crippen LogP contribution < -0.4 is 5.73 Å². The van der Waals surface area contributed by atoms with Gasteiger partial charge >= 0.3 is 0 Å². The van der Waals surface area contributed by atoms with E-state index in [2.05, 4.69) is 0 Å². The Morgan fingerprint density at radius 3 is 2.31 bits per heavy atom. The molecule has 11 heteroatoms. The third-order valence-corrected chi connectivity index (χ3v) is 7.83. The second kappa shape index (κ2) is 9.28. The van der Waals surface area contributed by atoms with Crippen molar-refractivity contribution in [2.24, 2.45) is 17.6 Å². The van der Waals surface area contributed by atoms with E-state index in [0.29, 0.717) is 6.07 Å². The van der Waals surface area contributed by atoms with Gasteiger partial charge in [0.2, 0.25) is 5.78 Å². The molecule has 1 amide bonds. The van der Waals surface area contributed by atoms with Crippen LogP contribution in [0.5, 0.6) is 5.75 Å². The number of aliphatic hydroxyl groups is 3. The van der Waals surface area contributed by atoms with Crippen LogP contribution in [0.1, 0.15) is 25.0 Å². The Bertz CT molecular complexity index is 1510. The molecule has 206 valence electrons. The summed E-state index contributed by atoms with van der Waals surface area (Å²) in [6.45, 7) is 0. The van der Waals surface area contributed by atoms with E-state index in [0.717, 1.165) is 6.07 Å². The molecule has 0 radical (unpaired) electrons. The maximum Gasteiger partial charge on any atom is 0.255 e. The SMILES string of the molecule is C.CN(C)[C@@H]1C(=O)C(C(N)=O)=C(O)[C@@]2(O)C(=O)C3=C(O)c4c(O)ccc(-c5ccc(F)cc5F)c4C[C@H]3C[C@@H]12. The largest absolute Gasteiger partial charge is 0.508 e. The number of benzene rings is 2. The number of likely N-dealkylation sites (N-methyl/N-ethyl adjacent to an activating group) is 1. The van der Waals surface area contributed by atoms with Gasteiger partial charge in [0.25, 0.3) is 5.91 Å². The predicted octanol–water partition coefficient (Wildman–Crippen LogP) is 2.55. The number of hydrogen-bond acceptors (Lipinski definition) is 8. The Hall–Kier alpha value is -4.09. The number of nitrogens with two attached hydrogens (primary N) is 1. The number of fused-ring (bicyclic) bond motifs is 3. The molecule has 0 saturated heterocycles. The number of hydrogen-bond donors (Lipinski definition) is 5. The first-order chi connectivity index (χ1) is 17.8. The highest BCUT2D eigenvalue weighted by atomic mass is 19.1. The zero-order valence-electron chi connectivity index (χ0n) is 20.3. The van der Waals surface area contributed by atoms with Gasteiger partial charge in [-0.3, -0.25) is 19.3 Å². The van der Waals surface area contributed by atoms with E-state index in [1.807, 2.05) is 0 Å². The maximum atomic E-state index is 14.7. The van der Waals surface area contributed by atoms with Gasteiger partial charge in [-0.2, -0.15) is 0 Å². The fraction of sp³-hybridized carbons (Fsp3) is 0.321. The Labute approximate surface area is 222 Å². The third kappa shape index (κ3) is 3.75. The lowest BCUT2D eigenvalue weighted by molar-refractivity contribution is -0.153. The smallest absolute Gasteiger partial charge is 0.255 e. The Kier molecular flexibility index (Phi) is 6.65. The first-order valence-corrected chi connectivity index (χ1v) is 11.8. The maximum absolute atomic E-state index is 14.7. The fourth-order valence-electron chi connectivity index (χ4n) is 6.20. The van der Waals surface area contributed by atoms with E-state index >= 15 is 0 Å². The normalized spacial score (nSPS) is 26.2. The fourth-order valence-corrected chi connectivity index (χ4v) is 6.20. The van der Waals surface area contributed by atoms with Gasteiger partial charge in [-0.1, -0.05) is 13.5 Å². The summed E-state index contributed by atoms with van der Waals surface area (Å²) in [6.07, 6.45) is -0.123. The highest BCUT2D eigenvalue weighted by Crippen LogP contribution is 2.53. The molecule has 0 unspecified atom stereocenters. The number of nitrogens with zero attached hydrogens (tertiary/aromatic N) is 1. The summed E-state index contributed by atoms with van der Waals surface area (Å²) >= 11 is 0. The molecule has 1 saturated carbocycles. The number of halogens is 2. The molecule has 0 bridgehead atoms. The van der Waals surface area contributed by atoms with Crippen LogP contribution in [0.2, 0.25) is 0 Å². The van der Waals surface area contributed by atoms with Gasteiger partial charge in [-0.25, -0.2) is 8.78 Å². The molecule has 3 aliphatic rings. The number of primary amides is 1. The molecule has 6 N–H and O–H groups in total. The van der Waals surface area contributed by atoms with Crippen molar-refractivity contribution in [3.63, 3.8) is 0 Å². The van der Waals surface area contributed by atoms with Crippen LogP contribution in [0.4, 0.5) is 8.78 Å². The van der Waals surface area contributed by atoms with Crippen molar-refractivity contribution >= 4 is 23.2 Å². The molecule has 5 rings (SSSR count). The average molecular weight is 543 g/mol. The van der Waals surface area contributed by atoms with Crippen LogP contribution in [0.3, 0.4) is 0 Å².